The lowest BCUT2D eigenvalue weighted by Gasteiger charge is -2.20. The smallest absolute Gasteiger partial charge is 0.264 e. The van der Waals surface area contributed by atoms with Crippen LogP contribution in [0.1, 0.15) is 15.9 Å². The molecule has 0 spiro atoms. The van der Waals surface area contributed by atoms with E-state index in [9.17, 15) is 13.2 Å². The highest BCUT2D eigenvalue weighted by Crippen LogP contribution is 2.25. The molecule has 3 rings (SSSR count). The number of aromatic nitrogens is 1. The van der Waals surface area contributed by atoms with Crippen molar-refractivity contribution in [1.82, 2.24) is 10.3 Å². The van der Waals surface area contributed by atoms with Gasteiger partial charge in [0.2, 0.25) is 0 Å². The molecule has 1 aromatic heterocycles. The van der Waals surface area contributed by atoms with E-state index >= 15 is 0 Å². The first-order chi connectivity index (χ1) is 13.9. The second-order valence-corrected chi connectivity index (χ2v) is 8.75. The Morgan fingerprint density at radius 2 is 1.90 bits per heavy atom. The number of hydrogen-bond donors (Lipinski definition) is 1. The Morgan fingerprint density at radius 1 is 1.10 bits per heavy atom. The van der Waals surface area contributed by atoms with Crippen LogP contribution in [0, 0.1) is 0 Å². The molecule has 0 saturated heterocycles. The van der Waals surface area contributed by atoms with Crippen LogP contribution in [0.5, 0.6) is 0 Å². The molecule has 1 heterocycles. The van der Waals surface area contributed by atoms with E-state index in [1.165, 1.54) is 19.2 Å². The number of amides is 1. The summed E-state index contributed by atoms with van der Waals surface area (Å²) in [6.45, 7) is 0.421. The van der Waals surface area contributed by atoms with Crippen LogP contribution in [0.25, 0.3) is 0 Å². The SMILES string of the molecule is CN(c1cccc(Cl)c1)S(=O)(=O)c1cccc(C(=O)NCCc2cccnc2)c1. The van der Waals surface area contributed by atoms with Crippen molar-refractivity contribution in [1.29, 1.82) is 0 Å². The standard InChI is InChI=1S/C21H20ClN3O3S/c1-25(19-8-3-7-18(22)14-19)29(27,28)20-9-2-6-17(13-20)21(26)24-12-10-16-5-4-11-23-15-16/h2-9,11,13-15H,10,12H2,1H3,(H,24,26). The number of nitrogens with zero attached hydrogens (tertiary/aromatic N) is 2. The van der Waals surface area contributed by atoms with E-state index in [2.05, 4.69) is 10.3 Å². The predicted molar refractivity (Wildman–Crippen MR) is 114 cm³/mol. The maximum Gasteiger partial charge on any atom is 0.264 e. The fourth-order valence-electron chi connectivity index (χ4n) is 2.74. The Morgan fingerprint density at radius 3 is 2.62 bits per heavy atom. The van der Waals surface area contributed by atoms with Crippen LogP contribution in [0.15, 0.2) is 78.0 Å². The molecular formula is C21H20ClN3O3S. The number of carbonyl (C=O) groups excluding carboxylic acids is 1. The number of halogens is 1. The first-order valence-corrected chi connectivity index (χ1v) is 10.7. The molecular weight excluding hydrogens is 410 g/mol. The molecule has 0 aliphatic heterocycles. The van der Waals surface area contributed by atoms with Crippen molar-refractivity contribution in [2.45, 2.75) is 11.3 Å². The number of anilines is 1. The Balaban J connectivity index is 1.73. The molecule has 0 saturated carbocycles. The van der Waals surface area contributed by atoms with Gasteiger partial charge in [0.05, 0.1) is 10.6 Å². The fourth-order valence-corrected chi connectivity index (χ4v) is 4.15. The fraction of sp³-hybridized carbons (Fsp3) is 0.143. The molecule has 0 aliphatic rings. The summed E-state index contributed by atoms with van der Waals surface area (Å²) in [5, 5.41) is 3.24. The van der Waals surface area contributed by atoms with Gasteiger partial charge in [-0.1, -0.05) is 29.8 Å². The molecule has 0 aliphatic carbocycles. The number of benzene rings is 2. The van der Waals surface area contributed by atoms with Gasteiger partial charge in [0.15, 0.2) is 0 Å². The number of hydrogen-bond acceptors (Lipinski definition) is 4. The summed E-state index contributed by atoms with van der Waals surface area (Å²) < 4.78 is 27.1. The third-order valence-corrected chi connectivity index (χ3v) is 6.37. The molecule has 0 fully saturated rings. The summed E-state index contributed by atoms with van der Waals surface area (Å²) in [7, 11) is -2.40. The number of sulfonamides is 1. The summed E-state index contributed by atoms with van der Waals surface area (Å²) in [6, 6.07) is 16.3. The van der Waals surface area contributed by atoms with E-state index in [1.54, 1.807) is 48.8 Å². The largest absolute Gasteiger partial charge is 0.352 e. The normalized spacial score (nSPS) is 11.1. The molecule has 0 unspecified atom stereocenters. The van der Waals surface area contributed by atoms with Crippen LogP contribution >= 0.6 is 11.6 Å². The van der Waals surface area contributed by atoms with Crippen molar-refractivity contribution >= 4 is 33.2 Å². The Kier molecular flexibility index (Phi) is 6.51. The van der Waals surface area contributed by atoms with Crippen molar-refractivity contribution in [2.24, 2.45) is 0 Å². The molecule has 1 N–H and O–H groups in total. The molecule has 29 heavy (non-hydrogen) atoms. The monoisotopic (exact) mass is 429 g/mol. The van der Waals surface area contributed by atoms with Gasteiger partial charge in [0, 0.05) is 36.6 Å². The Labute approximate surface area is 175 Å². The topological polar surface area (TPSA) is 79.4 Å². The van der Waals surface area contributed by atoms with E-state index in [-0.39, 0.29) is 16.4 Å². The van der Waals surface area contributed by atoms with Crippen LogP contribution < -0.4 is 9.62 Å². The van der Waals surface area contributed by atoms with E-state index < -0.39 is 10.0 Å². The van der Waals surface area contributed by atoms with Crippen molar-refractivity contribution in [3.05, 3.63) is 89.2 Å². The van der Waals surface area contributed by atoms with E-state index in [1.807, 2.05) is 12.1 Å². The maximum atomic E-state index is 13.0. The molecule has 150 valence electrons. The molecule has 1 amide bonds. The lowest BCUT2D eigenvalue weighted by molar-refractivity contribution is 0.0954. The van der Waals surface area contributed by atoms with Crippen molar-refractivity contribution in [3.63, 3.8) is 0 Å². The molecule has 0 radical (unpaired) electrons. The van der Waals surface area contributed by atoms with Gasteiger partial charge in [0.25, 0.3) is 15.9 Å². The van der Waals surface area contributed by atoms with Crippen molar-refractivity contribution in [2.75, 3.05) is 17.9 Å². The lowest BCUT2D eigenvalue weighted by Crippen LogP contribution is -2.28. The predicted octanol–water partition coefficient (Wildman–Crippen LogP) is 3.53. The van der Waals surface area contributed by atoms with Crippen LogP contribution in [0.3, 0.4) is 0 Å². The van der Waals surface area contributed by atoms with Crippen molar-refractivity contribution < 1.29 is 13.2 Å². The van der Waals surface area contributed by atoms with Gasteiger partial charge in [-0.15, -0.1) is 0 Å². The Bertz CT molecular complexity index is 1100. The zero-order valence-electron chi connectivity index (χ0n) is 15.7. The van der Waals surface area contributed by atoms with Crippen molar-refractivity contribution in [3.8, 4) is 0 Å². The van der Waals surface area contributed by atoms with Gasteiger partial charge < -0.3 is 5.32 Å². The van der Waals surface area contributed by atoms with Gasteiger partial charge >= 0.3 is 0 Å². The molecule has 2 aromatic carbocycles. The molecule has 0 bridgehead atoms. The first-order valence-electron chi connectivity index (χ1n) is 8.89. The minimum absolute atomic E-state index is 0.0277. The molecule has 3 aromatic rings. The summed E-state index contributed by atoms with van der Waals surface area (Å²) in [6.07, 6.45) is 4.06. The minimum Gasteiger partial charge on any atom is -0.352 e. The van der Waals surface area contributed by atoms with Crippen LogP contribution in [0.2, 0.25) is 5.02 Å². The number of nitrogens with one attached hydrogen (secondary N) is 1. The van der Waals surface area contributed by atoms with Gasteiger partial charge in [-0.25, -0.2) is 8.42 Å². The Hall–Kier alpha value is -2.90. The average molecular weight is 430 g/mol. The third-order valence-electron chi connectivity index (χ3n) is 4.35. The minimum atomic E-state index is -3.84. The van der Waals surface area contributed by atoms with Gasteiger partial charge in [-0.3, -0.25) is 14.1 Å². The highest BCUT2D eigenvalue weighted by Gasteiger charge is 2.22. The number of carbonyl (C=O) groups is 1. The number of rotatable bonds is 7. The molecule has 6 nitrogen and oxygen atoms in total. The molecule has 8 heteroatoms. The van der Waals surface area contributed by atoms with Gasteiger partial charge in [-0.2, -0.15) is 0 Å². The second-order valence-electron chi connectivity index (χ2n) is 6.35. The van der Waals surface area contributed by atoms with E-state index in [0.717, 1.165) is 9.87 Å². The summed E-state index contributed by atoms with van der Waals surface area (Å²) in [5.74, 6) is -0.337. The van der Waals surface area contributed by atoms with Gasteiger partial charge in [-0.05, 0) is 54.4 Å². The summed E-state index contributed by atoms with van der Waals surface area (Å²) >= 11 is 5.97. The highest BCUT2D eigenvalue weighted by molar-refractivity contribution is 7.92. The lowest BCUT2D eigenvalue weighted by atomic mass is 10.2. The highest BCUT2D eigenvalue weighted by atomic mass is 35.5. The van der Waals surface area contributed by atoms with E-state index in [4.69, 9.17) is 11.6 Å². The summed E-state index contributed by atoms with van der Waals surface area (Å²) in [5.41, 5.74) is 1.72. The maximum absolute atomic E-state index is 13.0. The van der Waals surface area contributed by atoms with E-state index in [0.29, 0.717) is 23.7 Å². The summed E-state index contributed by atoms with van der Waals surface area (Å²) in [4.78, 5) is 16.5. The molecule has 0 atom stereocenters. The van der Waals surface area contributed by atoms with Crippen LogP contribution in [0.4, 0.5) is 5.69 Å². The first kappa shape index (κ1) is 20.8. The second kappa shape index (κ2) is 9.07. The third kappa shape index (κ3) is 5.13. The number of pyridine rings is 1. The van der Waals surface area contributed by atoms with Crippen LogP contribution in [-0.2, 0) is 16.4 Å². The quantitative estimate of drug-likeness (QED) is 0.623. The zero-order valence-corrected chi connectivity index (χ0v) is 17.3. The average Bonchev–Trinajstić information content (AvgIpc) is 2.74. The zero-order chi connectivity index (χ0) is 20.9. The van der Waals surface area contributed by atoms with Gasteiger partial charge in [0.1, 0.15) is 0 Å². The van der Waals surface area contributed by atoms with Crippen LogP contribution in [-0.4, -0.2) is 32.9 Å².